The predicted molar refractivity (Wildman–Crippen MR) is 117 cm³/mol. The highest BCUT2D eigenvalue weighted by Crippen LogP contribution is 2.35. The summed E-state index contributed by atoms with van der Waals surface area (Å²) in [6, 6.07) is 17.8. The Kier molecular flexibility index (Phi) is 5.19. The van der Waals surface area contributed by atoms with E-state index < -0.39 is 5.54 Å². The molecule has 0 atom stereocenters. The van der Waals surface area contributed by atoms with Crippen LogP contribution in [0.5, 0.6) is 0 Å². The van der Waals surface area contributed by atoms with Crippen molar-refractivity contribution in [2.75, 3.05) is 26.7 Å². The zero-order chi connectivity index (χ0) is 20.6. The number of hydrogen-bond donors (Lipinski definition) is 1. The number of hydrogen-bond acceptors (Lipinski definition) is 3. The number of aromatic nitrogens is 2. The van der Waals surface area contributed by atoms with Crippen molar-refractivity contribution in [1.82, 2.24) is 19.8 Å². The van der Waals surface area contributed by atoms with Crippen LogP contribution in [0.3, 0.4) is 0 Å². The smallest absolute Gasteiger partial charge is 0.237 e. The van der Waals surface area contributed by atoms with Gasteiger partial charge in [0.1, 0.15) is 5.82 Å². The second-order valence-corrected chi connectivity index (χ2v) is 8.46. The van der Waals surface area contributed by atoms with E-state index in [9.17, 15) is 4.79 Å². The van der Waals surface area contributed by atoms with Crippen molar-refractivity contribution < 1.29 is 4.79 Å². The average molecular weight is 409 g/mol. The molecule has 29 heavy (non-hydrogen) atoms. The second kappa shape index (κ2) is 7.65. The molecule has 1 aliphatic heterocycles. The normalized spacial score (nSPS) is 15.7. The molecule has 0 radical (unpaired) electrons. The first-order chi connectivity index (χ1) is 13.9. The van der Waals surface area contributed by atoms with Crippen molar-refractivity contribution in [3.05, 3.63) is 65.4 Å². The number of nitrogens with zero attached hydrogens (tertiary/aromatic N) is 3. The van der Waals surface area contributed by atoms with Crippen LogP contribution in [-0.4, -0.2) is 52.4 Å². The number of benzene rings is 2. The van der Waals surface area contributed by atoms with Gasteiger partial charge in [-0.2, -0.15) is 0 Å². The Balaban J connectivity index is 1.80. The van der Waals surface area contributed by atoms with Gasteiger partial charge in [-0.15, -0.1) is 0 Å². The molecule has 1 amide bonds. The van der Waals surface area contributed by atoms with Crippen LogP contribution in [0.25, 0.3) is 22.5 Å². The molecular formula is C23H25ClN4O. The number of likely N-dealkylation sites (N-methyl/N-ethyl adjacent to an activating group) is 1. The lowest BCUT2D eigenvalue weighted by Gasteiger charge is -2.42. The van der Waals surface area contributed by atoms with Crippen molar-refractivity contribution in [2.24, 2.45) is 0 Å². The lowest BCUT2D eigenvalue weighted by Crippen LogP contribution is -2.56. The molecule has 0 spiro atoms. The average Bonchev–Trinajstić information content (AvgIpc) is 3.15. The minimum Gasteiger partial charge on any atom is -0.339 e. The summed E-state index contributed by atoms with van der Waals surface area (Å²) in [5, 5.41) is 0.693. The quantitative estimate of drug-likeness (QED) is 0.695. The fraction of sp³-hybridized carbons (Fsp3) is 0.304. The summed E-state index contributed by atoms with van der Waals surface area (Å²) in [5.74, 6) is 0.897. The molecule has 1 aromatic heterocycles. The third-order valence-corrected chi connectivity index (χ3v) is 5.80. The van der Waals surface area contributed by atoms with Crippen LogP contribution in [0.2, 0.25) is 5.02 Å². The number of amides is 1. The summed E-state index contributed by atoms with van der Waals surface area (Å²) >= 11 is 6.09. The van der Waals surface area contributed by atoms with Crippen LogP contribution in [0.1, 0.15) is 19.7 Å². The highest BCUT2D eigenvalue weighted by atomic mass is 35.5. The molecule has 0 saturated carbocycles. The third-order valence-electron chi connectivity index (χ3n) is 5.55. The fourth-order valence-corrected chi connectivity index (χ4v) is 3.93. The molecule has 1 saturated heterocycles. The number of H-pyrrole nitrogens is 1. The van der Waals surface area contributed by atoms with E-state index in [1.807, 2.05) is 71.4 Å². The number of piperazine rings is 1. The fourth-order valence-electron chi connectivity index (χ4n) is 3.80. The maximum Gasteiger partial charge on any atom is 0.237 e. The van der Waals surface area contributed by atoms with Crippen LogP contribution >= 0.6 is 11.6 Å². The van der Waals surface area contributed by atoms with Gasteiger partial charge in [0, 0.05) is 29.2 Å². The molecule has 0 bridgehead atoms. The maximum atomic E-state index is 12.7. The Labute approximate surface area is 176 Å². The Morgan fingerprint density at radius 2 is 1.69 bits per heavy atom. The van der Waals surface area contributed by atoms with E-state index in [0.29, 0.717) is 18.1 Å². The lowest BCUT2D eigenvalue weighted by atomic mass is 10.0. The highest BCUT2D eigenvalue weighted by Gasteiger charge is 2.38. The van der Waals surface area contributed by atoms with Crippen molar-refractivity contribution >= 4 is 17.5 Å². The van der Waals surface area contributed by atoms with Gasteiger partial charge in [0.2, 0.25) is 5.91 Å². The van der Waals surface area contributed by atoms with Gasteiger partial charge in [-0.05, 0) is 33.0 Å². The van der Waals surface area contributed by atoms with Crippen LogP contribution in [0.15, 0.2) is 54.6 Å². The molecule has 3 aromatic rings. The van der Waals surface area contributed by atoms with E-state index in [2.05, 4.69) is 18.8 Å². The number of halogens is 1. The third kappa shape index (κ3) is 3.80. The standard InChI is InChI=1S/C23H25ClN4O/c1-23(2,28-14-13-27(3)15-19(28)29)22-25-20(16-7-5-4-6-8-16)21(26-22)17-9-11-18(24)12-10-17/h4-12H,13-15H2,1-3H3,(H,25,26). The van der Waals surface area contributed by atoms with E-state index in [0.717, 1.165) is 34.9 Å². The number of rotatable bonds is 4. The SMILES string of the molecule is CN1CCN(C(C)(C)c2nc(-c3ccccc3)c(-c3ccc(Cl)cc3)[nH]2)C(=O)C1. The van der Waals surface area contributed by atoms with E-state index in [-0.39, 0.29) is 5.91 Å². The molecule has 1 N–H and O–H groups in total. The molecule has 1 fully saturated rings. The van der Waals surface area contributed by atoms with Gasteiger partial charge in [-0.3, -0.25) is 9.69 Å². The number of carbonyl (C=O) groups excluding carboxylic acids is 1. The van der Waals surface area contributed by atoms with Crippen LogP contribution in [0.4, 0.5) is 0 Å². The predicted octanol–water partition coefficient (Wildman–Crippen LogP) is 4.41. The summed E-state index contributed by atoms with van der Waals surface area (Å²) in [6.07, 6.45) is 0. The zero-order valence-corrected chi connectivity index (χ0v) is 17.7. The van der Waals surface area contributed by atoms with Gasteiger partial charge in [-0.1, -0.05) is 54.1 Å². The van der Waals surface area contributed by atoms with Crippen LogP contribution in [-0.2, 0) is 10.3 Å². The maximum absolute atomic E-state index is 12.7. The first-order valence-corrected chi connectivity index (χ1v) is 10.1. The topological polar surface area (TPSA) is 52.2 Å². The lowest BCUT2D eigenvalue weighted by molar-refractivity contribution is -0.142. The summed E-state index contributed by atoms with van der Waals surface area (Å²) in [5.41, 5.74) is 3.29. The summed E-state index contributed by atoms with van der Waals surface area (Å²) < 4.78 is 0. The summed E-state index contributed by atoms with van der Waals surface area (Å²) in [7, 11) is 1.97. The van der Waals surface area contributed by atoms with E-state index >= 15 is 0 Å². The largest absolute Gasteiger partial charge is 0.339 e. The van der Waals surface area contributed by atoms with Crippen molar-refractivity contribution in [1.29, 1.82) is 0 Å². The first-order valence-electron chi connectivity index (χ1n) is 9.77. The highest BCUT2D eigenvalue weighted by molar-refractivity contribution is 6.30. The van der Waals surface area contributed by atoms with E-state index in [4.69, 9.17) is 16.6 Å². The Bertz CT molecular complexity index is 1010. The molecule has 2 heterocycles. The van der Waals surface area contributed by atoms with Crippen LogP contribution < -0.4 is 0 Å². The molecule has 5 nitrogen and oxygen atoms in total. The molecular weight excluding hydrogens is 384 g/mol. The number of carbonyl (C=O) groups is 1. The van der Waals surface area contributed by atoms with Gasteiger partial charge < -0.3 is 9.88 Å². The van der Waals surface area contributed by atoms with Crippen LogP contribution in [0, 0.1) is 0 Å². The molecule has 1 aliphatic rings. The van der Waals surface area contributed by atoms with Gasteiger partial charge in [0.15, 0.2) is 0 Å². The van der Waals surface area contributed by atoms with Crippen molar-refractivity contribution in [3.8, 4) is 22.5 Å². The van der Waals surface area contributed by atoms with Crippen molar-refractivity contribution in [3.63, 3.8) is 0 Å². The minimum atomic E-state index is -0.549. The molecule has 0 unspecified atom stereocenters. The van der Waals surface area contributed by atoms with E-state index in [1.165, 1.54) is 0 Å². The Morgan fingerprint density at radius 3 is 2.34 bits per heavy atom. The Morgan fingerprint density at radius 1 is 1.00 bits per heavy atom. The first kappa shape index (κ1) is 19.7. The minimum absolute atomic E-state index is 0.120. The summed E-state index contributed by atoms with van der Waals surface area (Å²) in [4.78, 5) is 25.2. The molecule has 4 rings (SSSR count). The molecule has 6 heteroatoms. The number of nitrogens with one attached hydrogen (secondary N) is 1. The van der Waals surface area contributed by atoms with Gasteiger partial charge in [-0.25, -0.2) is 4.98 Å². The summed E-state index contributed by atoms with van der Waals surface area (Å²) in [6.45, 7) is 6.07. The van der Waals surface area contributed by atoms with Gasteiger partial charge >= 0.3 is 0 Å². The Hall–Kier alpha value is -2.63. The zero-order valence-electron chi connectivity index (χ0n) is 16.9. The van der Waals surface area contributed by atoms with Crippen molar-refractivity contribution in [2.45, 2.75) is 19.4 Å². The second-order valence-electron chi connectivity index (χ2n) is 8.02. The molecule has 150 valence electrons. The van der Waals surface area contributed by atoms with Gasteiger partial charge in [0.05, 0.1) is 23.5 Å². The van der Waals surface area contributed by atoms with Gasteiger partial charge in [0.25, 0.3) is 0 Å². The number of imidazole rings is 1. The number of aromatic amines is 1. The van der Waals surface area contributed by atoms with E-state index in [1.54, 1.807) is 0 Å². The monoisotopic (exact) mass is 408 g/mol. The molecule has 0 aliphatic carbocycles. The molecule has 2 aromatic carbocycles.